The maximum absolute atomic E-state index is 12.3. The lowest BCUT2D eigenvalue weighted by Crippen LogP contribution is -2.23. The predicted octanol–water partition coefficient (Wildman–Crippen LogP) is 2.73. The summed E-state index contributed by atoms with van der Waals surface area (Å²) in [6.45, 7) is 2.81. The number of ether oxygens (including phenoxy) is 1. The van der Waals surface area contributed by atoms with Crippen molar-refractivity contribution in [3.63, 3.8) is 0 Å². The van der Waals surface area contributed by atoms with Crippen LogP contribution < -0.4 is 14.8 Å². The molecule has 0 aromatic heterocycles. The molecule has 1 aliphatic rings. The Balaban J connectivity index is 2.29. The zero-order valence-electron chi connectivity index (χ0n) is 14.3. The molecule has 0 bridgehead atoms. The summed E-state index contributed by atoms with van der Waals surface area (Å²) in [6.07, 6.45) is 1.87. The van der Waals surface area contributed by atoms with Gasteiger partial charge in [0.05, 0.1) is 11.3 Å². The highest BCUT2D eigenvalue weighted by Gasteiger charge is 2.30. The third-order valence-electron chi connectivity index (χ3n) is 4.39. The molecular formula is C18H20N2O5S. The minimum atomic E-state index is -4.21. The van der Waals surface area contributed by atoms with Crippen molar-refractivity contribution < 1.29 is 23.1 Å². The van der Waals surface area contributed by atoms with Crippen LogP contribution in [0.15, 0.2) is 41.3 Å². The van der Waals surface area contributed by atoms with E-state index in [0.717, 1.165) is 12.8 Å². The largest absolute Gasteiger partial charge is 0.478 e. The minimum absolute atomic E-state index is 0.0638. The van der Waals surface area contributed by atoms with E-state index in [2.05, 4.69) is 0 Å². The van der Waals surface area contributed by atoms with Crippen LogP contribution in [0.3, 0.4) is 0 Å². The average molecular weight is 376 g/mol. The number of para-hydroxylation sites is 1. The molecule has 1 saturated heterocycles. The fourth-order valence-corrected chi connectivity index (χ4v) is 4.12. The second-order valence-electron chi connectivity index (χ2n) is 6.19. The lowest BCUT2D eigenvalue weighted by molar-refractivity contribution is 0.0696. The van der Waals surface area contributed by atoms with Crippen LogP contribution in [0.1, 0.15) is 28.8 Å². The van der Waals surface area contributed by atoms with Crippen LogP contribution in [0.5, 0.6) is 11.5 Å². The van der Waals surface area contributed by atoms with Crippen LogP contribution in [-0.4, -0.2) is 32.6 Å². The monoisotopic (exact) mass is 376 g/mol. The summed E-state index contributed by atoms with van der Waals surface area (Å²) in [6, 6.07) is 10.2. The first-order valence-corrected chi connectivity index (χ1v) is 9.75. The van der Waals surface area contributed by atoms with Crippen molar-refractivity contribution in [2.24, 2.45) is 5.14 Å². The number of rotatable bonds is 5. The maximum Gasteiger partial charge on any atom is 0.336 e. The van der Waals surface area contributed by atoms with Gasteiger partial charge < -0.3 is 14.7 Å². The third kappa shape index (κ3) is 3.51. The number of nitrogens with zero attached hydrogens (tertiary/aromatic N) is 1. The smallest absolute Gasteiger partial charge is 0.336 e. The molecule has 1 aliphatic heterocycles. The van der Waals surface area contributed by atoms with Crippen molar-refractivity contribution in [3.05, 3.63) is 47.5 Å². The molecule has 7 nitrogen and oxygen atoms in total. The summed E-state index contributed by atoms with van der Waals surface area (Å²) in [7, 11) is -4.21. The first-order valence-electron chi connectivity index (χ1n) is 8.20. The van der Waals surface area contributed by atoms with E-state index < -0.39 is 16.0 Å². The molecule has 0 amide bonds. The molecule has 138 valence electrons. The first kappa shape index (κ1) is 18.2. The molecule has 3 rings (SSSR count). The molecule has 26 heavy (non-hydrogen) atoms. The van der Waals surface area contributed by atoms with E-state index in [1.54, 1.807) is 24.3 Å². The van der Waals surface area contributed by atoms with Crippen molar-refractivity contribution in [3.8, 4) is 11.5 Å². The molecule has 0 atom stereocenters. The maximum atomic E-state index is 12.3. The summed E-state index contributed by atoms with van der Waals surface area (Å²) in [5, 5.41) is 14.9. The Morgan fingerprint density at radius 1 is 1.19 bits per heavy atom. The molecule has 0 aliphatic carbocycles. The third-order valence-corrected chi connectivity index (χ3v) is 5.45. The zero-order valence-corrected chi connectivity index (χ0v) is 15.1. The van der Waals surface area contributed by atoms with E-state index in [4.69, 9.17) is 9.88 Å². The Morgan fingerprint density at radius 3 is 2.35 bits per heavy atom. The highest BCUT2D eigenvalue weighted by atomic mass is 32.2. The van der Waals surface area contributed by atoms with Gasteiger partial charge in [0.2, 0.25) is 10.0 Å². The zero-order chi connectivity index (χ0) is 18.9. The number of carbonyl (C=O) groups is 1. The Labute approximate surface area is 152 Å². The summed E-state index contributed by atoms with van der Waals surface area (Å²) < 4.78 is 30.5. The number of hydrogen-bond acceptors (Lipinski definition) is 5. The van der Waals surface area contributed by atoms with Gasteiger partial charge in [0.15, 0.2) is 5.75 Å². The SMILES string of the molecule is Cc1c(C(=O)O)cc(N2CCCC2)c(Oc2ccccc2)c1S(N)(=O)=O. The van der Waals surface area contributed by atoms with Crippen LogP contribution >= 0.6 is 0 Å². The molecule has 1 fully saturated rings. The highest BCUT2D eigenvalue weighted by molar-refractivity contribution is 7.89. The van der Waals surface area contributed by atoms with E-state index in [1.165, 1.54) is 13.0 Å². The number of hydrogen-bond donors (Lipinski definition) is 2. The predicted molar refractivity (Wildman–Crippen MR) is 97.5 cm³/mol. The van der Waals surface area contributed by atoms with Crippen LogP contribution in [0, 0.1) is 6.92 Å². The normalized spacial score (nSPS) is 14.5. The summed E-state index contributed by atoms with van der Waals surface area (Å²) in [4.78, 5) is 13.3. The Kier molecular flexibility index (Phi) is 4.88. The molecule has 0 radical (unpaired) electrons. The molecule has 2 aromatic carbocycles. The number of aromatic carboxylic acids is 1. The van der Waals surface area contributed by atoms with Gasteiger partial charge in [0.25, 0.3) is 0 Å². The van der Waals surface area contributed by atoms with Crippen LogP contribution in [0.25, 0.3) is 0 Å². The van der Waals surface area contributed by atoms with Crippen molar-refractivity contribution in [1.29, 1.82) is 0 Å². The van der Waals surface area contributed by atoms with Crippen LogP contribution in [0.2, 0.25) is 0 Å². The second-order valence-corrected chi connectivity index (χ2v) is 7.68. The van der Waals surface area contributed by atoms with Gasteiger partial charge >= 0.3 is 5.97 Å². The lowest BCUT2D eigenvalue weighted by atomic mass is 10.1. The first-order chi connectivity index (χ1) is 12.3. The summed E-state index contributed by atoms with van der Waals surface area (Å²) >= 11 is 0. The standard InChI is InChI=1S/C18H20N2O5S/c1-12-14(18(21)22)11-15(20-9-5-6-10-20)16(17(12)26(19,23)24)25-13-7-3-2-4-8-13/h2-4,7-8,11H,5-6,9-10H2,1H3,(H,21,22)(H2,19,23,24). The second kappa shape index (κ2) is 6.97. The fourth-order valence-electron chi connectivity index (χ4n) is 3.18. The molecule has 0 unspecified atom stereocenters. The Bertz CT molecular complexity index is 936. The lowest BCUT2D eigenvalue weighted by Gasteiger charge is -2.25. The quantitative estimate of drug-likeness (QED) is 0.830. The molecule has 2 aromatic rings. The number of carboxylic acid groups (broad SMARTS) is 1. The highest BCUT2D eigenvalue weighted by Crippen LogP contribution is 2.42. The molecular weight excluding hydrogens is 356 g/mol. The number of carboxylic acids is 1. The van der Waals surface area contributed by atoms with Crippen molar-refractivity contribution >= 4 is 21.7 Å². The summed E-state index contributed by atoms with van der Waals surface area (Å²) in [5.74, 6) is -0.692. The van der Waals surface area contributed by atoms with E-state index >= 15 is 0 Å². The molecule has 8 heteroatoms. The van der Waals surface area contributed by atoms with E-state index in [9.17, 15) is 18.3 Å². The molecule has 3 N–H and O–H groups in total. The van der Waals surface area contributed by atoms with Gasteiger partial charge in [-0.3, -0.25) is 0 Å². The van der Waals surface area contributed by atoms with E-state index in [0.29, 0.717) is 24.5 Å². The van der Waals surface area contributed by atoms with Crippen molar-refractivity contribution in [1.82, 2.24) is 0 Å². The van der Waals surface area contributed by atoms with E-state index in [-0.39, 0.29) is 21.8 Å². The van der Waals surface area contributed by atoms with Crippen LogP contribution in [-0.2, 0) is 10.0 Å². The number of sulfonamides is 1. The van der Waals surface area contributed by atoms with Gasteiger partial charge in [-0.1, -0.05) is 18.2 Å². The van der Waals surface area contributed by atoms with Crippen molar-refractivity contribution in [2.75, 3.05) is 18.0 Å². The molecule has 0 spiro atoms. The Morgan fingerprint density at radius 2 is 1.81 bits per heavy atom. The summed E-state index contributed by atoms with van der Waals surface area (Å²) in [5.41, 5.74) is 0.392. The number of benzene rings is 2. The van der Waals surface area contributed by atoms with Gasteiger partial charge in [-0.15, -0.1) is 0 Å². The number of anilines is 1. The number of nitrogens with two attached hydrogens (primary N) is 1. The van der Waals surface area contributed by atoms with Gasteiger partial charge in [0.1, 0.15) is 10.6 Å². The van der Waals surface area contributed by atoms with Gasteiger partial charge in [0, 0.05) is 13.1 Å². The average Bonchev–Trinajstić information content (AvgIpc) is 3.08. The van der Waals surface area contributed by atoms with Gasteiger partial charge in [-0.2, -0.15) is 0 Å². The minimum Gasteiger partial charge on any atom is -0.478 e. The van der Waals surface area contributed by atoms with Gasteiger partial charge in [-0.25, -0.2) is 18.4 Å². The Hall–Kier alpha value is -2.58. The fraction of sp³-hybridized carbons (Fsp3) is 0.278. The number of primary sulfonamides is 1. The van der Waals surface area contributed by atoms with E-state index in [1.807, 2.05) is 11.0 Å². The van der Waals surface area contributed by atoms with Crippen molar-refractivity contribution in [2.45, 2.75) is 24.7 Å². The van der Waals surface area contributed by atoms with Crippen LogP contribution in [0.4, 0.5) is 5.69 Å². The molecule has 1 heterocycles. The molecule has 0 saturated carbocycles. The van der Waals surface area contributed by atoms with Gasteiger partial charge in [-0.05, 0) is 43.5 Å². The topological polar surface area (TPSA) is 110 Å².